The van der Waals surface area contributed by atoms with Gasteiger partial charge in [-0.05, 0) is 59.7 Å². The largest absolute Gasteiger partial charge is 0.467 e. The molecule has 18 nitrogen and oxygen atoms in total. The summed E-state index contributed by atoms with van der Waals surface area (Å²) >= 11 is 12.1. The van der Waals surface area contributed by atoms with Crippen LogP contribution in [-0.2, 0) is 60.6 Å². The van der Waals surface area contributed by atoms with Crippen LogP contribution in [-0.4, -0.2) is 69.8 Å². The van der Waals surface area contributed by atoms with Crippen molar-refractivity contribution in [3.05, 3.63) is 184 Å². The second kappa shape index (κ2) is 25.5. The van der Waals surface area contributed by atoms with E-state index in [4.69, 9.17) is 61.6 Å². The molecule has 0 radical (unpaired) electrons. The highest BCUT2D eigenvalue weighted by atomic mass is 35.5. The van der Waals surface area contributed by atoms with Crippen LogP contribution in [0.2, 0.25) is 10.0 Å². The number of imidazole rings is 1. The van der Waals surface area contributed by atoms with Crippen molar-refractivity contribution in [1.82, 2.24) is 9.55 Å². The third-order valence-corrected chi connectivity index (χ3v) is 11.7. The van der Waals surface area contributed by atoms with Crippen LogP contribution >= 0.6 is 23.2 Å². The van der Waals surface area contributed by atoms with Gasteiger partial charge in [0.15, 0.2) is 0 Å². The lowest BCUT2D eigenvalue weighted by atomic mass is 10.1. The molecule has 0 bridgehead atoms. The Hall–Kier alpha value is -6.33. The van der Waals surface area contributed by atoms with Crippen LogP contribution in [0.4, 0.5) is 11.4 Å². The molecule has 7 rings (SSSR count). The number of aliphatic hydroxyl groups excluding tert-OH is 1. The number of aromatic nitrogens is 2. The summed E-state index contributed by atoms with van der Waals surface area (Å²) in [4.78, 5) is 28.4. The molecule has 67 heavy (non-hydrogen) atoms. The normalized spacial score (nSPS) is 11.1. The van der Waals surface area contributed by atoms with E-state index in [0.717, 1.165) is 23.3 Å². The van der Waals surface area contributed by atoms with E-state index >= 15 is 0 Å². The lowest BCUT2D eigenvalue weighted by Gasteiger charge is -2.14. The zero-order chi connectivity index (χ0) is 48.2. The SMILES string of the molecule is NS(=O)(=O)c1cc(C(=O)OCCOCc2ccccc2)c(NCc2ccco2)cc1Cl.NS(=O)(=O)c1cc(C(=O)n2ccnc2)c(NCc2ccco2)cc1Cl.OCCOCc1ccccc1. The Balaban J connectivity index is 0.000000208. The molecule has 0 fully saturated rings. The summed E-state index contributed by atoms with van der Waals surface area (Å²) in [5, 5.41) is 24.6. The first kappa shape index (κ1) is 51.7. The lowest BCUT2D eigenvalue weighted by Crippen LogP contribution is -2.17. The minimum absolute atomic E-state index is 0.0172. The summed E-state index contributed by atoms with van der Waals surface area (Å²) in [7, 11) is -8.22. The third kappa shape index (κ3) is 16.5. The summed E-state index contributed by atoms with van der Waals surface area (Å²) in [6.45, 7) is 2.15. The number of furan rings is 2. The van der Waals surface area contributed by atoms with Crippen LogP contribution in [0.25, 0.3) is 0 Å². The number of nitrogens with zero attached hydrogens (tertiary/aromatic N) is 2. The second-order valence-electron chi connectivity index (χ2n) is 13.8. The van der Waals surface area contributed by atoms with E-state index in [1.165, 1.54) is 47.9 Å². The highest BCUT2D eigenvalue weighted by Crippen LogP contribution is 2.31. The van der Waals surface area contributed by atoms with Gasteiger partial charge in [0.05, 0.1) is 85.5 Å². The van der Waals surface area contributed by atoms with E-state index in [-0.39, 0.29) is 69.6 Å². The number of carbonyl (C=O) groups is 2. The van der Waals surface area contributed by atoms with Crippen LogP contribution in [0, 0.1) is 0 Å². The van der Waals surface area contributed by atoms with Crippen LogP contribution in [0.5, 0.6) is 0 Å². The molecule has 0 atom stereocenters. The van der Waals surface area contributed by atoms with Crippen LogP contribution in [0.1, 0.15) is 43.4 Å². The van der Waals surface area contributed by atoms with Crippen molar-refractivity contribution in [1.29, 1.82) is 0 Å². The highest BCUT2D eigenvalue weighted by Gasteiger charge is 2.23. The lowest BCUT2D eigenvalue weighted by molar-refractivity contribution is 0.0289. The van der Waals surface area contributed by atoms with E-state index in [2.05, 4.69) is 15.6 Å². The Bertz CT molecular complexity index is 2850. The van der Waals surface area contributed by atoms with E-state index in [9.17, 15) is 26.4 Å². The van der Waals surface area contributed by atoms with Gasteiger partial charge in [-0.25, -0.2) is 36.9 Å². The Labute approximate surface area is 396 Å². The van der Waals surface area contributed by atoms with Crippen LogP contribution < -0.4 is 20.9 Å². The number of nitrogens with two attached hydrogens (primary N) is 2. The molecule has 7 aromatic rings. The van der Waals surface area contributed by atoms with E-state index in [1.54, 1.807) is 24.3 Å². The average molecular weight is 998 g/mol. The Morgan fingerprint density at radius 2 is 1.16 bits per heavy atom. The molecule has 0 spiro atoms. The van der Waals surface area contributed by atoms with E-state index in [1.807, 2.05) is 60.7 Å². The Morgan fingerprint density at radius 1 is 0.672 bits per heavy atom. The fraction of sp³-hybridized carbons (Fsp3) is 0.178. The van der Waals surface area contributed by atoms with E-state index < -0.39 is 31.9 Å². The van der Waals surface area contributed by atoms with Gasteiger partial charge < -0.3 is 38.8 Å². The van der Waals surface area contributed by atoms with Gasteiger partial charge in [-0.1, -0.05) is 83.9 Å². The molecule has 7 N–H and O–H groups in total. The molecule has 0 aliphatic carbocycles. The topological polar surface area (TPSA) is 271 Å². The molecule has 0 aliphatic heterocycles. The molecule has 3 heterocycles. The molecular formula is C45H46Cl2N6O12S2. The number of nitrogens with one attached hydrogen (secondary N) is 2. The monoisotopic (exact) mass is 996 g/mol. The van der Waals surface area contributed by atoms with Crippen LogP contribution in [0.15, 0.2) is 159 Å². The molecule has 0 amide bonds. The number of carbonyl (C=O) groups excluding carboxylic acids is 2. The number of benzene rings is 4. The molecule has 0 saturated carbocycles. The number of halogens is 2. The summed E-state index contributed by atoms with van der Waals surface area (Å²) in [5.74, 6) is 0.0146. The zero-order valence-electron chi connectivity index (χ0n) is 35.5. The standard InChI is InChI=1S/C21H21ClN2O6S.C15H13ClN4O4S.C9H12O2/c22-18-12-19(24-13-16-7-4-8-29-16)17(11-20(18)31(23,26)27)21(25)30-10-9-28-14-15-5-2-1-3-6-15;16-12-7-13(19-8-10-2-1-5-24-10)11(6-14(12)25(17,22)23)15(21)20-4-3-18-9-20;10-6-7-11-8-9-4-2-1-3-5-9/h1-8,11-12,24H,9-10,13-14H2,(H2,23,26,27);1-7,9,19H,8H2,(H2,17,22,23);1-5,10H,6-8H2. The minimum Gasteiger partial charge on any atom is -0.467 e. The van der Waals surface area contributed by atoms with Crippen molar-refractivity contribution in [3.8, 4) is 0 Å². The number of esters is 1. The van der Waals surface area contributed by atoms with Gasteiger partial charge in [-0.3, -0.25) is 9.36 Å². The number of anilines is 2. The summed E-state index contributed by atoms with van der Waals surface area (Å²) < 4.78 is 74.5. The average Bonchev–Trinajstić information content (AvgIpc) is 4.14. The number of hydrogen-bond donors (Lipinski definition) is 5. The predicted molar refractivity (Wildman–Crippen MR) is 249 cm³/mol. The first-order chi connectivity index (χ1) is 32.1. The van der Waals surface area contributed by atoms with Gasteiger partial charge in [-0.15, -0.1) is 0 Å². The maximum absolute atomic E-state index is 12.7. The summed E-state index contributed by atoms with van der Waals surface area (Å²) in [5.41, 5.74) is 2.81. The van der Waals surface area contributed by atoms with E-state index in [0.29, 0.717) is 37.0 Å². The summed E-state index contributed by atoms with van der Waals surface area (Å²) in [6, 6.07) is 31.3. The van der Waals surface area contributed by atoms with Crippen molar-refractivity contribution in [2.24, 2.45) is 10.3 Å². The molecule has 0 saturated heterocycles. The number of primary sulfonamides is 2. The van der Waals surface area contributed by atoms with Crippen molar-refractivity contribution < 1.29 is 54.6 Å². The highest BCUT2D eigenvalue weighted by molar-refractivity contribution is 7.89. The first-order valence-electron chi connectivity index (χ1n) is 19.9. The number of hydrogen-bond acceptors (Lipinski definition) is 15. The molecule has 22 heteroatoms. The maximum Gasteiger partial charge on any atom is 0.340 e. The Kier molecular flexibility index (Phi) is 19.7. The van der Waals surface area contributed by atoms with Gasteiger partial charge in [0.25, 0.3) is 5.91 Å². The number of ether oxygens (including phenoxy) is 3. The quantitative estimate of drug-likeness (QED) is 0.0410. The van der Waals surface area contributed by atoms with Gasteiger partial charge >= 0.3 is 5.97 Å². The van der Waals surface area contributed by atoms with Gasteiger partial charge in [-0.2, -0.15) is 0 Å². The first-order valence-corrected chi connectivity index (χ1v) is 23.8. The zero-order valence-corrected chi connectivity index (χ0v) is 38.6. The minimum atomic E-state index is -4.13. The van der Waals surface area contributed by atoms with Gasteiger partial charge in [0.1, 0.15) is 34.2 Å². The molecule has 354 valence electrons. The van der Waals surface area contributed by atoms with Crippen LogP contribution in [0.3, 0.4) is 0 Å². The molecule has 4 aromatic carbocycles. The second-order valence-corrected chi connectivity index (χ2v) is 17.7. The van der Waals surface area contributed by atoms with Gasteiger partial charge in [0.2, 0.25) is 20.0 Å². The number of rotatable bonds is 19. The van der Waals surface area contributed by atoms with Crippen molar-refractivity contribution >= 4 is 66.5 Å². The smallest absolute Gasteiger partial charge is 0.340 e. The molecular weight excluding hydrogens is 952 g/mol. The fourth-order valence-electron chi connectivity index (χ4n) is 5.75. The number of sulfonamides is 2. The molecule has 3 aromatic heterocycles. The molecule has 0 aliphatic rings. The molecule has 0 unspecified atom stereocenters. The van der Waals surface area contributed by atoms with Gasteiger partial charge in [0, 0.05) is 18.1 Å². The van der Waals surface area contributed by atoms with Crippen molar-refractivity contribution in [3.63, 3.8) is 0 Å². The Morgan fingerprint density at radius 3 is 1.61 bits per heavy atom. The summed E-state index contributed by atoms with van der Waals surface area (Å²) in [6.07, 6.45) is 7.22. The fourth-order valence-corrected chi connectivity index (χ4v) is 7.95. The maximum atomic E-state index is 12.7. The number of aliphatic hydroxyl groups is 1. The third-order valence-electron chi connectivity index (χ3n) is 8.93. The van der Waals surface area contributed by atoms with Crippen molar-refractivity contribution in [2.45, 2.75) is 36.1 Å². The van der Waals surface area contributed by atoms with Crippen molar-refractivity contribution in [2.75, 3.05) is 37.1 Å². The predicted octanol–water partition coefficient (Wildman–Crippen LogP) is 6.84.